The number of alkyl halides is 2. The summed E-state index contributed by atoms with van der Waals surface area (Å²) >= 11 is 7.83. The number of aryl methyl sites for hydroxylation is 2. The summed E-state index contributed by atoms with van der Waals surface area (Å²) in [6.07, 6.45) is 1.55. The molecule has 0 saturated carbocycles. The summed E-state index contributed by atoms with van der Waals surface area (Å²) in [4.78, 5) is -1.000. The lowest BCUT2D eigenvalue weighted by molar-refractivity contribution is 0.317. The van der Waals surface area contributed by atoms with Gasteiger partial charge in [-0.1, -0.05) is 46.9 Å². The molecule has 14 heteroatoms. The normalized spacial score (nSPS) is 11.3. The van der Waals surface area contributed by atoms with Gasteiger partial charge in [-0.3, -0.25) is 0 Å². The van der Waals surface area contributed by atoms with Crippen LogP contribution in [0.15, 0.2) is 94.7 Å². The molecule has 0 unspecified atom stereocenters. The molecule has 0 aliphatic rings. The van der Waals surface area contributed by atoms with Crippen molar-refractivity contribution in [2.45, 2.75) is 36.5 Å². The molecule has 248 valence electrons. The topological polar surface area (TPSA) is 105 Å². The van der Waals surface area contributed by atoms with Gasteiger partial charge in [-0.25, -0.2) is 8.78 Å². The van der Waals surface area contributed by atoms with Crippen LogP contribution in [-0.4, -0.2) is 40.4 Å². The molecule has 0 atom stereocenters. The molecule has 4 rings (SSSR count). The number of benzene rings is 4. The van der Waals surface area contributed by atoms with E-state index in [4.69, 9.17) is 29.4 Å². The Morgan fingerprint density at radius 2 is 1.02 bits per heavy atom. The van der Waals surface area contributed by atoms with Crippen LogP contribution in [0.5, 0.6) is 23.0 Å². The highest BCUT2D eigenvalue weighted by atomic mass is 127. The Morgan fingerprint density at radius 1 is 0.630 bits per heavy atom. The second-order valence-electron chi connectivity index (χ2n) is 9.68. The number of hydrogen-bond donors (Lipinski definition) is 0. The fourth-order valence-electron chi connectivity index (χ4n) is 3.82. The van der Waals surface area contributed by atoms with Crippen molar-refractivity contribution < 1.29 is 43.5 Å². The van der Waals surface area contributed by atoms with Gasteiger partial charge in [0.1, 0.15) is 44.4 Å². The van der Waals surface area contributed by atoms with Crippen molar-refractivity contribution in [1.29, 1.82) is 0 Å². The Kier molecular flexibility index (Phi) is 14.3. The molecule has 0 saturated heterocycles. The van der Waals surface area contributed by atoms with Crippen molar-refractivity contribution in [2.24, 2.45) is 0 Å². The summed E-state index contributed by atoms with van der Waals surface area (Å²) in [6.45, 7) is 4.52. The van der Waals surface area contributed by atoms with E-state index in [1.165, 1.54) is 42.5 Å². The Hall–Kier alpha value is -3.14. The van der Waals surface area contributed by atoms with Gasteiger partial charge in [-0.05, 0) is 86.3 Å². The van der Waals surface area contributed by atoms with Crippen LogP contribution in [0.3, 0.4) is 0 Å². The summed E-state index contributed by atoms with van der Waals surface area (Å²) in [6, 6.07) is 19.7. The van der Waals surface area contributed by atoms with Crippen LogP contribution >= 0.6 is 34.2 Å². The Balaban J connectivity index is 0.000000250. The smallest absolute Gasteiger partial charge is 0.342 e. The highest BCUT2D eigenvalue weighted by Crippen LogP contribution is 2.28. The molecule has 0 N–H and O–H groups in total. The number of halogens is 4. The van der Waals surface area contributed by atoms with E-state index in [0.29, 0.717) is 37.0 Å². The van der Waals surface area contributed by atoms with E-state index >= 15 is 0 Å². The highest BCUT2D eigenvalue weighted by molar-refractivity contribution is 14.1. The third-order valence-electron chi connectivity index (χ3n) is 5.77. The van der Waals surface area contributed by atoms with Gasteiger partial charge in [0, 0.05) is 22.4 Å². The summed E-state index contributed by atoms with van der Waals surface area (Å²) in [5.74, 6) is -0.0942. The minimum absolute atomic E-state index is 0.0640. The van der Waals surface area contributed by atoms with Gasteiger partial charge in [0.25, 0.3) is 0 Å². The van der Waals surface area contributed by atoms with Crippen molar-refractivity contribution >= 4 is 54.4 Å². The summed E-state index contributed by atoms with van der Waals surface area (Å²) in [5.41, 5.74) is 1.54. The molecule has 0 heterocycles. The van der Waals surface area contributed by atoms with Gasteiger partial charge in [-0.15, -0.1) is 11.6 Å². The Bertz CT molecular complexity index is 1690. The molecule has 0 fully saturated rings. The molecule has 8 nitrogen and oxygen atoms in total. The Labute approximate surface area is 287 Å². The maximum absolute atomic E-state index is 13.7. The molecule has 0 radical (unpaired) electrons. The second kappa shape index (κ2) is 17.7. The van der Waals surface area contributed by atoms with Crippen molar-refractivity contribution in [3.8, 4) is 23.0 Å². The second-order valence-corrected chi connectivity index (χ2v) is 14.2. The molecule has 0 amide bonds. The molecule has 0 aliphatic heterocycles. The lowest BCUT2D eigenvalue weighted by Gasteiger charge is -2.11. The van der Waals surface area contributed by atoms with E-state index in [0.717, 1.165) is 46.2 Å². The first-order valence-corrected chi connectivity index (χ1v) is 18.7. The molecule has 0 spiro atoms. The molecular weight excluding hydrogens is 777 g/mol. The van der Waals surface area contributed by atoms with Crippen LogP contribution in [-0.2, 0) is 20.2 Å². The SMILES string of the molecule is Cc1cc(OCCCCl)cc(OS(=O)(=O)c2ccccc2F)c1.Cc1cc(OCCCI)cc(OS(=O)(=O)c2ccccc2F)c1. The maximum Gasteiger partial charge on any atom is 0.342 e. The fraction of sp³-hybridized carbons (Fsp3) is 0.250. The monoisotopic (exact) mass is 808 g/mol. The first-order chi connectivity index (χ1) is 21.8. The molecule has 0 aromatic heterocycles. The molecule has 0 bridgehead atoms. The molecule has 46 heavy (non-hydrogen) atoms. The summed E-state index contributed by atoms with van der Waals surface area (Å²) < 4.78 is 98.2. The van der Waals surface area contributed by atoms with E-state index in [-0.39, 0.29) is 11.5 Å². The number of ether oxygens (including phenoxy) is 2. The number of rotatable bonds is 14. The third-order valence-corrected chi connectivity index (χ3v) is 9.36. The number of hydrogen-bond acceptors (Lipinski definition) is 8. The van der Waals surface area contributed by atoms with Crippen LogP contribution < -0.4 is 17.8 Å². The molecule has 4 aromatic carbocycles. The summed E-state index contributed by atoms with van der Waals surface area (Å²) in [7, 11) is -8.49. The van der Waals surface area contributed by atoms with E-state index in [1.54, 1.807) is 32.0 Å². The van der Waals surface area contributed by atoms with Gasteiger partial charge in [0.05, 0.1) is 13.2 Å². The van der Waals surface area contributed by atoms with Gasteiger partial charge in [-0.2, -0.15) is 16.8 Å². The first kappa shape index (κ1) is 37.3. The zero-order valence-corrected chi connectivity index (χ0v) is 29.5. The maximum atomic E-state index is 13.7. The van der Waals surface area contributed by atoms with Crippen molar-refractivity contribution in [1.82, 2.24) is 0 Å². The molecule has 0 aliphatic carbocycles. The summed E-state index contributed by atoms with van der Waals surface area (Å²) in [5, 5.41) is 0. The van der Waals surface area contributed by atoms with Gasteiger partial charge >= 0.3 is 20.2 Å². The van der Waals surface area contributed by atoms with Gasteiger partial charge in [0.15, 0.2) is 0 Å². The average molecular weight is 809 g/mol. The molecule has 4 aromatic rings. The van der Waals surface area contributed by atoms with Gasteiger partial charge < -0.3 is 17.8 Å². The zero-order valence-electron chi connectivity index (χ0n) is 24.9. The standard InChI is InChI=1S/C16H16ClFO4S.C16H16FIO4S/c1-12-9-13(21-8-4-7-17)11-14(10-12)22-23(19,20)16-6-3-2-5-15(16)18;1-12-9-13(21-8-4-7-18)11-14(10-12)22-23(19,20)16-6-3-2-5-15(16)17/h2*2-3,5-6,9-11H,4,7-8H2,1H3. The third kappa shape index (κ3) is 11.6. The highest BCUT2D eigenvalue weighted by Gasteiger charge is 2.22. The van der Waals surface area contributed by atoms with E-state index in [9.17, 15) is 25.6 Å². The van der Waals surface area contributed by atoms with E-state index < -0.39 is 41.7 Å². The minimum atomic E-state index is -4.25. The average Bonchev–Trinajstić information content (AvgIpc) is 2.97. The fourth-order valence-corrected chi connectivity index (χ4v) is 6.22. The van der Waals surface area contributed by atoms with Gasteiger partial charge in [0.2, 0.25) is 0 Å². The van der Waals surface area contributed by atoms with Crippen molar-refractivity contribution in [2.75, 3.05) is 23.5 Å². The Morgan fingerprint density at radius 3 is 1.41 bits per heavy atom. The van der Waals surface area contributed by atoms with Crippen molar-refractivity contribution in [3.05, 3.63) is 108 Å². The minimum Gasteiger partial charge on any atom is -0.493 e. The van der Waals surface area contributed by atoms with Crippen LogP contribution in [0.2, 0.25) is 0 Å². The van der Waals surface area contributed by atoms with E-state index in [1.807, 2.05) is 0 Å². The lowest BCUT2D eigenvalue weighted by Crippen LogP contribution is -2.11. The van der Waals surface area contributed by atoms with Crippen LogP contribution in [0, 0.1) is 25.5 Å². The molecular formula is C32H32ClF2IO8S2. The quantitative estimate of drug-likeness (QED) is 0.0547. The van der Waals surface area contributed by atoms with Crippen LogP contribution in [0.1, 0.15) is 24.0 Å². The zero-order chi connectivity index (χ0) is 33.7. The van der Waals surface area contributed by atoms with Crippen molar-refractivity contribution in [3.63, 3.8) is 0 Å². The predicted octanol–water partition coefficient (Wildman–Crippen LogP) is 8.02. The van der Waals surface area contributed by atoms with Crippen LogP contribution in [0.4, 0.5) is 8.78 Å². The lowest BCUT2D eigenvalue weighted by atomic mass is 10.2. The first-order valence-electron chi connectivity index (χ1n) is 13.8. The predicted molar refractivity (Wildman–Crippen MR) is 181 cm³/mol. The van der Waals surface area contributed by atoms with E-state index in [2.05, 4.69) is 22.6 Å². The largest absolute Gasteiger partial charge is 0.493 e. The van der Waals surface area contributed by atoms with Crippen LogP contribution in [0.25, 0.3) is 0 Å².